The van der Waals surface area contributed by atoms with Gasteiger partial charge in [-0.15, -0.1) is 0 Å². The molecule has 3 heterocycles. The van der Waals surface area contributed by atoms with Gasteiger partial charge in [0.15, 0.2) is 9.84 Å². The first-order chi connectivity index (χ1) is 9.53. The number of hydrogen-bond acceptors (Lipinski definition) is 5. The minimum atomic E-state index is -2.87. The van der Waals surface area contributed by atoms with Gasteiger partial charge in [-0.25, -0.2) is 13.4 Å². The number of pyridine rings is 2. The molecule has 0 N–H and O–H groups in total. The molecule has 1 unspecified atom stereocenters. The lowest BCUT2D eigenvalue weighted by Crippen LogP contribution is -2.13. The fourth-order valence-electron chi connectivity index (χ4n) is 2.28. The Balaban J connectivity index is 1.72. The average Bonchev–Trinajstić information content (AvgIpc) is 2.76. The average molecular weight is 313 g/mol. The van der Waals surface area contributed by atoms with E-state index in [4.69, 9.17) is 16.3 Å². The van der Waals surface area contributed by atoms with Gasteiger partial charge in [0.2, 0.25) is 0 Å². The molecule has 0 aromatic carbocycles. The molecule has 1 saturated heterocycles. The molecule has 2 aromatic rings. The standard InChI is InChI=1S/C13H13ClN2O3S/c14-11-1-3-15-12-5-10(6-16-13(11)12)19-7-9-2-4-20(17,18)8-9/h1,3,5-6,9H,2,4,7-8H2. The smallest absolute Gasteiger partial charge is 0.150 e. The van der Waals surface area contributed by atoms with Gasteiger partial charge in [0.25, 0.3) is 0 Å². The van der Waals surface area contributed by atoms with Crippen molar-refractivity contribution >= 4 is 32.5 Å². The van der Waals surface area contributed by atoms with E-state index in [1.54, 1.807) is 24.5 Å². The van der Waals surface area contributed by atoms with Crippen molar-refractivity contribution in [2.45, 2.75) is 6.42 Å². The van der Waals surface area contributed by atoms with E-state index in [1.807, 2.05) is 0 Å². The Morgan fingerprint density at radius 1 is 1.40 bits per heavy atom. The topological polar surface area (TPSA) is 69.2 Å². The lowest BCUT2D eigenvalue weighted by Gasteiger charge is -2.10. The number of hydrogen-bond donors (Lipinski definition) is 0. The summed E-state index contributed by atoms with van der Waals surface area (Å²) in [5.41, 5.74) is 1.29. The van der Waals surface area contributed by atoms with Gasteiger partial charge in [0, 0.05) is 18.2 Å². The molecule has 5 nitrogen and oxygen atoms in total. The second-order valence-corrected chi connectivity index (χ2v) is 7.55. The van der Waals surface area contributed by atoms with E-state index in [9.17, 15) is 8.42 Å². The normalized spacial score (nSPS) is 21.1. The van der Waals surface area contributed by atoms with Crippen molar-refractivity contribution in [1.82, 2.24) is 9.97 Å². The third kappa shape index (κ3) is 2.86. The van der Waals surface area contributed by atoms with Crippen molar-refractivity contribution in [2.24, 2.45) is 5.92 Å². The van der Waals surface area contributed by atoms with E-state index in [0.29, 0.717) is 34.8 Å². The predicted molar refractivity (Wildman–Crippen MR) is 76.8 cm³/mol. The summed E-state index contributed by atoms with van der Waals surface area (Å²) >= 11 is 6.01. The molecule has 106 valence electrons. The quantitative estimate of drug-likeness (QED) is 0.868. The minimum absolute atomic E-state index is 0.0583. The molecule has 20 heavy (non-hydrogen) atoms. The zero-order valence-corrected chi connectivity index (χ0v) is 12.2. The molecule has 1 aliphatic rings. The highest BCUT2D eigenvalue weighted by atomic mass is 35.5. The molecule has 1 aliphatic heterocycles. The Labute approximate surface area is 121 Å². The number of ether oxygens (including phenoxy) is 1. The van der Waals surface area contributed by atoms with Gasteiger partial charge >= 0.3 is 0 Å². The third-order valence-corrected chi connectivity index (χ3v) is 5.46. The highest BCUT2D eigenvalue weighted by Crippen LogP contribution is 2.24. The lowest BCUT2D eigenvalue weighted by molar-refractivity contribution is 0.263. The number of fused-ring (bicyclic) bond motifs is 1. The molecule has 1 atom stereocenters. The van der Waals surface area contributed by atoms with E-state index in [2.05, 4.69) is 9.97 Å². The molecule has 0 amide bonds. The van der Waals surface area contributed by atoms with Crippen LogP contribution in [0.1, 0.15) is 6.42 Å². The number of sulfone groups is 1. The van der Waals surface area contributed by atoms with Crippen LogP contribution in [0.2, 0.25) is 5.02 Å². The van der Waals surface area contributed by atoms with Crippen LogP contribution in [-0.4, -0.2) is 36.5 Å². The molecule has 1 fully saturated rings. The maximum absolute atomic E-state index is 11.4. The van der Waals surface area contributed by atoms with E-state index in [-0.39, 0.29) is 17.4 Å². The maximum Gasteiger partial charge on any atom is 0.150 e. The number of aromatic nitrogens is 2. The summed E-state index contributed by atoms with van der Waals surface area (Å²) in [6, 6.07) is 3.44. The fourth-order valence-corrected chi connectivity index (χ4v) is 4.32. The van der Waals surface area contributed by atoms with Crippen molar-refractivity contribution in [3.63, 3.8) is 0 Å². The minimum Gasteiger partial charge on any atom is -0.492 e. The maximum atomic E-state index is 11.4. The lowest BCUT2D eigenvalue weighted by atomic mass is 10.1. The van der Waals surface area contributed by atoms with Gasteiger partial charge < -0.3 is 4.74 Å². The fraction of sp³-hybridized carbons (Fsp3) is 0.385. The Morgan fingerprint density at radius 2 is 2.25 bits per heavy atom. The second-order valence-electron chi connectivity index (χ2n) is 4.91. The first-order valence-electron chi connectivity index (χ1n) is 6.27. The van der Waals surface area contributed by atoms with Crippen molar-refractivity contribution in [3.05, 3.63) is 29.5 Å². The molecule has 0 bridgehead atoms. The Bertz CT molecular complexity index is 748. The van der Waals surface area contributed by atoms with Gasteiger partial charge in [0.05, 0.1) is 34.8 Å². The summed E-state index contributed by atoms with van der Waals surface area (Å²) < 4.78 is 28.4. The summed E-state index contributed by atoms with van der Waals surface area (Å²) in [6.45, 7) is 0.382. The van der Waals surface area contributed by atoms with E-state index in [0.717, 1.165) is 0 Å². The molecule has 0 radical (unpaired) electrons. The van der Waals surface area contributed by atoms with E-state index < -0.39 is 9.84 Å². The third-order valence-electron chi connectivity index (χ3n) is 3.32. The van der Waals surface area contributed by atoms with Crippen LogP contribution in [-0.2, 0) is 9.84 Å². The predicted octanol–water partition coefficient (Wildman–Crippen LogP) is 2.10. The number of nitrogens with zero attached hydrogens (tertiary/aromatic N) is 2. The Kier molecular flexibility index (Phi) is 3.52. The van der Waals surface area contributed by atoms with Crippen molar-refractivity contribution < 1.29 is 13.2 Å². The zero-order chi connectivity index (χ0) is 14.2. The van der Waals surface area contributed by atoms with Gasteiger partial charge in [-0.2, -0.15) is 0 Å². The summed E-state index contributed by atoms with van der Waals surface area (Å²) in [7, 11) is -2.87. The van der Waals surface area contributed by atoms with E-state index >= 15 is 0 Å². The molecule has 7 heteroatoms. The highest BCUT2D eigenvalue weighted by molar-refractivity contribution is 7.91. The first kappa shape index (κ1) is 13.6. The highest BCUT2D eigenvalue weighted by Gasteiger charge is 2.28. The summed E-state index contributed by atoms with van der Waals surface area (Å²) in [5.74, 6) is 1.10. The summed E-state index contributed by atoms with van der Waals surface area (Å²) in [4.78, 5) is 8.40. The Morgan fingerprint density at radius 3 is 3.00 bits per heavy atom. The summed E-state index contributed by atoms with van der Waals surface area (Å²) in [6.07, 6.45) is 3.85. The van der Waals surface area contributed by atoms with Gasteiger partial charge in [-0.3, -0.25) is 4.98 Å². The number of rotatable bonds is 3. The second kappa shape index (κ2) is 5.18. The van der Waals surface area contributed by atoms with Crippen LogP contribution in [0.25, 0.3) is 11.0 Å². The van der Waals surface area contributed by atoms with Crippen LogP contribution >= 0.6 is 11.6 Å². The number of halogens is 1. The van der Waals surface area contributed by atoms with Crippen LogP contribution in [0.5, 0.6) is 5.75 Å². The molecular weight excluding hydrogens is 300 g/mol. The SMILES string of the molecule is O=S1(=O)CCC(COc2cnc3c(Cl)ccnc3c2)C1. The van der Waals surface area contributed by atoms with Gasteiger partial charge in [-0.05, 0) is 12.5 Å². The monoisotopic (exact) mass is 312 g/mol. The summed E-state index contributed by atoms with van der Waals surface area (Å²) in [5, 5.41) is 0.545. The molecular formula is C13H13ClN2O3S. The van der Waals surface area contributed by atoms with Crippen molar-refractivity contribution in [2.75, 3.05) is 18.1 Å². The zero-order valence-electron chi connectivity index (χ0n) is 10.6. The first-order valence-corrected chi connectivity index (χ1v) is 8.47. The van der Waals surface area contributed by atoms with Crippen molar-refractivity contribution in [1.29, 1.82) is 0 Å². The van der Waals surface area contributed by atoms with Gasteiger partial charge in [-0.1, -0.05) is 11.6 Å². The molecule has 0 aliphatic carbocycles. The van der Waals surface area contributed by atoms with Crippen LogP contribution in [0.3, 0.4) is 0 Å². The Hall–Kier alpha value is -1.40. The molecule has 0 spiro atoms. The van der Waals surface area contributed by atoms with Crippen LogP contribution in [0.15, 0.2) is 24.5 Å². The van der Waals surface area contributed by atoms with E-state index in [1.165, 1.54) is 0 Å². The largest absolute Gasteiger partial charge is 0.492 e. The van der Waals surface area contributed by atoms with Crippen LogP contribution in [0, 0.1) is 5.92 Å². The molecule has 0 saturated carbocycles. The van der Waals surface area contributed by atoms with Crippen LogP contribution in [0.4, 0.5) is 0 Å². The van der Waals surface area contributed by atoms with Gasteiger partial charge in [0.1, 0.15) is 11.3 Å². The van der Waals surface area contributed by atoms with Crippen molar-refractivity contribution in [3.8, 4) is 5.75 Å². The molecule has 3 rings (SSSR count). The molecule has 2 aromatic heterocycles. The van der Waals surface area contributed by atoms with Crippen LogP contribution < -0.4 is 4.74 Å².